The molecule has 0 bridgehead atoms. The number of nitrogens with zero attached hydrogens (tertiary/aromatic N) is 2. The molecule has 1 aromatic heterocycles. The molecule has 3 aromatic rings. The van der Waals surface area contributed by atoms with Gasteiger partial charge in [-0.2, -0.15) is 18.2 Å². The number of nitrogens with one attached hydrogen (secondary N) is 1. The monoisotopic (exact) mass is 549 g/mol. The number of alkyl halides is 3. The van der Waals surface area contributed by atoms with Gasteiger partial charge < -0.3 is 4.57 Å². The molecule has 0 atom stereocenters. The maximum Gasteiger partial charge on any atom is 0.416 e. The minimum absolute atomic E-state index is 0.134. The van der Waals surface area contributed by atoms with E-state index in [4.69, 9.17) is 23.8 Å². The summed E-state index contributed by atoms with van der Waals surface area (Å²) in [6.07, 6.45) is -2.86. The summed E-state index contributed by atoms with van der Waals surface area (Å²) in [7, 11) is 0. The molecule has 186 valence electrons. The molecule has 1 saturated heterocycles. The number of halogens is 4. The standard InChI is InChI=1S/C25H19ClF3N3O2S2/c1-13-7-8-19(20(26)9-13)22(33)30-32-23(34)21(36-24(32)35)11-16-10-14(2)31(15(16)3)18-6-4-5-17(12-18)25(27,28)29/h4-12H,1-3H3,(H,30,33)/b21-11+. The van der Waals surface area contributed by atoms with Crippen molar-refractivity contribution in [3.63, 3.8) is 0 Å². The molecule has 0 aliphatic carbocycles. The molecule has 1 aliphatic rings. The highest BCUT2D eigenvalue weighted by molar-refractivity contribution is 8.26. The van der Waals surface area contributed by atoms with Crippen molar-refractivity contribution in [1.29, 1.82) is 0 Å². The zero-order valence-electron chi connectivity index (χ0n) is 19.2. The molecule has 2 heterocycles. The maximum absolute atomic E-state index is 13.2. The number of amides is 2. The number of carbonyl (C=O) groups is 2. The topological polar surface area (TPSA) is 54.3 Å². The summed E-state index contributed by atoms with van der Waals surface area (Å²) in [5, 5.41) is 1.23. The number of carbonyl (C=O) groups excluding carboxylic acids is 2. The van der Waals surface area contributed by atoms with Gasteiger partial charge in [0.2, 0.25) is 0 Å². The first-order valence-corrected chi connectivity index (χ1v) is 12.2. The molecule has 36 heavy (non-hydrogen) atoms. The molecule has 0 unspecified atom stereocenters. The van der Waals surface area contributed by atoms with E-state index < -0.39 is 23.6 Å². The highest BCUT2D eigenvalue weighted by Crippen LogP contribution is 2.35. The SMILES string of the molecule is Cc1ccc(C(=O)NN2C(=O)/C(=C\c3cc(C)n(-c4cccc(C(F)(F)F)c4)c3C)SC2=S)c(Cl)c1. The lowest BCUT2D eigenvalue weighted by Crippen LogP contribution is -2.44. The zero-order valence-corrected chi connectivity index (χ0v) is 21.6. The van der Waals surface area contributed by atoms with Crippen LogP contribution in [0.1, 0.15) is 38.4 Å². The molecule has 1 aliphatic heterocycles. The third kappa shape index (κ3) is 5.07. The summed E-state index contributed by atoms with van der Waals surface area (Å²) in [5.74, 6) is -1.11. The average Bonchev–Trinajstić information content (AvgIpc) is 3.22. The van der Waals surface area contributed by atoms with E-state index in [0.717, 1.165) is 34.5 Å². The lowest BCUT2D eigenvalue weighted by atomic mass is 10.1. The van der Waals surface area contributed by atoms with Crippen molar-refractivity contribution in [2.45, 2.75) is 26.9 Å². The van der Waals surface area contributed by atoms with E-state index in [9.17, 15) is 22.8 Å². The van der Waals surface area contributed by atoms with Gasteiger partial charge in [-0.1, -0.05) is 35.5 Å². The number of hydrazine groups is 1. The summed E-state index contributed by atoms with van der Waals surface area (Å²) in [5.41, 5.74) is 5.15. The number of thiocarbonyl (C=S) groups is 1. The molecule has 1 N–H and O–H groups in total. The van der Waals surface area contributed by atoms with Gasteiger partial charge in [0.25, 0.3) is 11.8 Å². The van der Waals surface area contributed by atoms with Crippen LogP contribution in [0.15, 0.2) is 53.4 Å². The number of aryl methyl sites for hydroxylation is 2. The number of aromatic nitrogens is 1. The maximum atomic E-state index is 13.2. The molecular weight excluding hydrogens is 531 g/mol. The molecule has 5 nitrogen and oxygen atoms in total. The van der Waals surface area contributed by atoms with E-state index in [-0.39, 0.29) is 19.8 Å². The summed E-state index contributed by atoms with van der Waals surface area (Å²) in [4.78, 5) is 26.0. The second-order valence-electron chi connectivity index (χ2n) is 8.15. The van der Waals surface area contributed by atoms with Crippen LogP contribution in [0.2, 0.25) is 5.02 Å². The summed E-state index contributed by atoms with van der Waals surface area (Å²) in [6.45, 7) is 5.35. The van der Waals surface area contributed by atoms with Crippen LogP contribution in [-0.2, 0) is 11.0 Å². The van der Waals surface area contributed by atoms with E-state index in [0.29, 0.717) is 22.6 Å². The predicted octanol–water partition coefficient (Wildman–Crippen LogP) is 6.62. The van der Waals surface area contributed by atoms with Crippen LogP contribution < -0.4 is 5.43 Å². The van der Waals surface area contributed by atoms with E-state index in [1.807, 2.05) is 6.92 Å². The van der Waals surface area contributed by atoms with Crippen LogP contribution in [-0.4, -0.2) is 25.7 Å². The van der Waals surface area contributed by atoms with Crippen molar-refractivity contribution >= 4 is 57.8 Å². The van der Waals surface area contributed by atoms with Gasteiger partial charge in [0.15, 0.2) is 4.32 Å². The molecule has 0 spiro atoms. The Morgan fingerprint density at radius 3 is 2.50 bits per heavy atom. The number of benzene rings is 2. The van der Waals surface area contributed by atoms with E-state index in [2.05, 4.69) is 5.43 Å². The van der Waals surface area contributed by atoms with E-state index in [1.165, 1.54) is 6.07 Å². The Morgan fingerprint density at radius 2 is 1.83 bits per heavy atom. The van der Waals surface area contributed by atoms with Crippen LogP contribution in [0, 0.1) is 20.8 Å². The highest BCUT2D eigenvalue weighted by atomic mass is 35.5. The van der Waals surface area contributed by atoms with Crippen molar-refractivity contribution in [3.05, 3.63) is 92.1 Å². The summed E-state index contributed by atoms with van der Waals surface area (Å²) >= 11 is 12.5. The third-order valence-corrected chi connectivity index (χ3v) is 7.18. The molecule has 1 fully saturated rings. The van der Waals surface area contributed by atoms with Crippen molar-refractivity contribution in [2.75, 3.05) is 0 Å². The molecule has 0 saturated carbocycles. The van der Waals surface area contributed by atoms with Crippen molar-refractivity contribution < 1.29 is 22.8 Å². The van der Waals surface area contributed by atoms with Gasteiger partial charge >= 0.3 is 6.18 Å². The van der Waals surface area contributed by atoms with Gasteiger partial charge in [0.05, 0.1) is 21.1 Å². The third-order valence-electron chi connectivity index (χ3n) is 5.56. The highest BCUT2D eigenvalue weighted by Gasteiger charge is 2.34. The first-order chi connectivity index (χ1) is 16.9. The Hall–Kier alpha value is -3.08. The first-order valence-electron chi connectivity index (χ1n) is 10.6. The fourth-order valence-electron chi connectivity index (χ4n) is 3.82. The largest absolute Gasteiger partial charge is 0.416 e. The Morgan fingerprint density at radius 1 is 1.11 bits per heavy atom. The molecular formula is C25H19ClF3N3O2S2. The lowest BCUT2D eigenvalue weighted by molar-refractivity contribution is -0.137. The lowest BCUT2D eigenvalue weighted by Gasteiger charge is -2.16. The van der Waals surface area contributed by atoms with Crippen LogP contribution >= 0.6 is 35.6 Å². The average molecular weight is 550 g/mol. The Bertz CT molecular complexity index is 1450. The summed E-state index contributed by atoms with van der Waals surface area (Å²) in [6, 6.07) is 11.7. The second-order valence-corrected chi connectivity index (χ2v) is 10.2. The normalized spacial score (nSPS) is 15.2. The van der Waals surface area contributed by atoms with Crippen LogP contribution in [0.4, 0.5) is 13.2 Å². The fourth-order valence-corrected chi connectivity index (χ4v) is 5.32. The first kappa shape index (κ1) is 26.0. The van der Waals surface area contributed by atoms with Crippen molar-refractivity contribution in [3.8, 4) is 5.69 Å². The molecule has 2 aromatic carbocycles. The van der Waals surface area contributed by atoms with Crippen LogP contribution in [0.5, 0.6) is 0 Å². The zero-order chi connectivity index (χ0) is 26.4. The number of rotatable bonds is 4. The van der Waals surface area contributed by atoms with E-state index in [1.54, 1.807) is 54.8 Å². The Balaban J connectivity index is 1.61. The minimum Gasteiger partial charge on any atom is -0.318 e. The minimum atomic E-state index is -4.46. The van der Waals surface area contributed by atoms with Crippen LogP contribution in [0.3, 0.4) is 0 Å². The smallest absolute Gasteiger partial charge is 0.318 e. The van der Waals surface area contributed by atoms with Gasteiger partial charge in [-0.25, -0.2) is 0 Å². The van der Waals surface area contributed by atoms with Gasteiger partial charge in [0.1, 0.15) is 0 Å². The molecule has 11 heteroatoms. The van der Waals surface area contributed by atoms with Crippen molar-refractivity contribution in [2.24, 2.45) is 0 Å². The van der Waals surface area contributed by atoms with Crippen molar-refractivity contribution in [1.82, 2.24) is 15.0 Å². The van der Waals surface area contributed by atoms with Gasteiger partial charge in [0, 0.05) is 17.1 Å². The van der Waals surface area contributed by atoms with Crippen LogP contribution in [0.25, 0.3) is 11.8 Å². The molecule has 2 amide bonds. The molecule has 4 rings (SSSR count). The van der Waals surface area contributed by atoms with Gasteiger partial charge in [-0.15, -0.1) is 0 Å². The summed E-state index contributed by atoms with van der Waals surface area (Å²) < 4.78 is 41.4. The quantitative estimate of drug-likeness (QED) is 0.293. The van der Waals surface area contributed by atoms with Gasteiger partial charge in [-0.05, 0) is 86.6 Å². The number of hydrogen-bond donors (Lipinski definition) is 1. The fraction of sp³-hybridized carbons (Fsp3) is 0.160. The number of hydrogen-bond acceptors (Lipinski definition) is 4. The predicted molar refractivity (Wildman–Crippen MR) is 139 cm³/mol. The molecule has 0 radical (unpaired) electrons. The van der Waals surface area contributed by atoms with E-state index >= 15 is 0 Å². The van der Waals surface area contributed by atoms with Gasteiger partial charge in [-0.3, -0.25) is 15.0 Å². The number of thioether (sulfide) groups is 1. The second kappa shape index (κ2) is 9.76. The Labute approximate surface area is 219 Å². The Kier molecular flexibility index (Phi) is 7.05.